The van der Waals surface area contributed by atoms with E-state index in [2.05, 4.69) is 0 Å². The number of ether oxygens (including phenoxy) is 2. The highest BCUT2D eigenvalue weighted by Crippen LogP contribution is 2.34. The van der Waals surface area contributed by atoms with Crippen LogP contribution >= 0.6 is 0 Å². The SMILES string of the molecule is COc1cc(F)c(S(=O)(=O)N2CCCC(C)C2)cc1OC. The van der Waals surface area contributed by atoms with Gasteiger partial charge in [0, 0.05) is 25.2 Å². The van der Waals surface area contributed by atoms with E-state index in [-0.39, 0.29) is 22.3 Å². The van der Waals surface area contributed by atoms with Gasteiger partial charge >= 0.3 is 0 Å². The van der Waals surface area contributed by atoms with E-state index in [4.69, 9.17) is 9.47 Å². The number of hydrogen-bond acceptors (Lipinski definition) is 4. The van der Waals surface area contributed by atoms with Crippen molar-refractivity contribution in [1.82, 2.24) is 4.31 Å². The van der Waals surface area contributed by atoms with Crippen LogP contribution in [0.4, 0.5) is 4.39 Å². The largest absolute Gasteiger partial charge is 0.493 e. The van der Waals surface area contributed by atoms with Crippen LogP contribution in [0.1, 0.15) is 19.8 Å². The molecule has 7 heteroatoms. The van der Waals surface area contributed by atoms with Gasteiger partial charge in [-0.15, -0.1) is 0 Å². The van der Waals surface area contributed by atoms with Crippen molar-refractivity contribution in [3.8, 4) is 11.5 Å². The third-order valence-corrected chi connectivity index (χ3v) is 5.56. The minimum absolute atomic E-state index is 0.168. The molecule has 1 aromatic carbocycles. The molecule has 0 aromatic heterocycles. The average molecular weight is 317 g/mol. The fourth-order valence-corrected chi connectivity index (χ4v) is 4.20. The molecular formula is C14H20FNO4S. The number of sulfonamides is 1. The molecule has 5 nitrogen and oxygen atoms in total. The van der Waals surface area contributed by atoms with Crippen molar-refractivity contribution >= 4 is 10.0 Å². The molecule has 0 aliphatic carbocycles. The fourth-order valence-electron chi connectivity index (χ4n) is 2.54. The van der Waals surface area contributed by atoms with E-state index in [0.717, 1.165) is 18.9 Å². The molecule has 0 bridgehead atoms. The van der Waals surface area contributed by atoms with E-state index >= 15 is 0 Å². The van der Waals surface area contributed by atoms with Crippen LogP contribution in [0.25, 0.3) is 0 Å². The maximum atomic E-state index is 14.2. The summed E-state index contributed by atoms with van der Waals surface area (Å²) in [6.07, 6.45) is 1.77. The van der Waals surface area contributed by atoms with Gasteiger partial charge in [0.1, 0.15) is 10.7 Å². The second kappa shape index (κ2) is 6.19. The van der Waals surface area contributed by atoms with E-state index < -0.39 is 15.8 Å². The van der Waals surface area contributed by atoms with Crippen molar-refractivity contribution in [2.75, 3.05) is 27.3 Å². The molecule has 1 aliphatic heterocycles. The molecule has 0 spiro atoms. The van der Waals surface area contributed by atoms with Crippen molar-refractivity contribution in [3.05, 3.63) is 17.9 Å². The van der Waals surface area contributed by atoms with E-state index in [1.807, 2.05) is 6.92 Å². The van der Waals surface area contributed by atoms with Crippen molar-refractivity contribution in [3.63, 3.8) is 0 Å². The van der Waals surface area contributed by atoms with Crippen LogP contribution in [0.5, 0.6) is 11.5 Å². The lowest BCUT2D eigenvalue weighted by Gasteiger charge is -2.30. The van der Waals surface area contributed by atoms with Crippen LogP contribution in [0.3, 0.4) is 0 Å². The summed E-state index contributed by atoms with van der Waals surface area (Å²) in [7, 11) is -1.10. The van der Waals surface area contributed by atoms with Gasteiger partial charge < -0.3 is 9.47 Å². The van der Waals surface area contributed by atoms with Gasteiger partial charge in [-0.1, -0.05) is 6.92 Å². The predicted molar refractivity (Wildman–Crippen MR) is 76.7 cm³/mol. The first-order valence-corrected chi connectivity index (χ1v) is 8.25. The van der Waals surface area contributed by atoms with Crippen LogP contribution < -0.4 is 9.47 Å². The standard InChI is InChI=1S/C14H20FNO4S/c1-10-5-4-6-16(9-10)21(17,18)14-8-13(20-3)12(19-2)7-11(14)15/h7-8,10H,4-6,9H2,1-3H3. The lowest BCUT2D eigenvalue weighted by atomic mass is 10.0. The van der Waals surface area contributed by atoms with Crippen molar-refractivity contribution in [2.24, 2.45) is 5.92 Å². The number of nitrogens with zero attached hydrogens (tertiary/aromatic N) is 1. The highest BCUT2D eigenvalue weighted by molar-refractivity contribution is 7.89. The van der Waals surface area contributed by atoms with Gasteiger partial charge in [0.25, 0.3) is 0 Å². The molecule has 1 unspecified atom stereocenters. The van der Waals surface area contributed by atoms with Gasteiger partial charge in [-0.25, -0.2) is 12.8 Å². The maximum Gasteiger partial charge on any atom is 0.246 e. The third-order valence-electron chi connectivity index (χ3n) is 3.68. The Morgan fingerprint density at radius 1 is 1.24 bits per heavy atom. The summed E-state index contributed by atoms with van der Waals surface area (Å²) in [5, 5.41) is 0. The second-order valence-electron chi connectivity index (χ2n) is 5.25. The molecule has 21 heavy (non-hydrogen) atoms. The Morgan fingerprint density at radius 3 is 2.43 bits per heavy atom. The topological polar surface area (TPSA) is 55.8 Å². The van der Waals surface area contributed by atoms with E-state index in [1.165, 1.54) is 24.6 Å². The summed E-state index contributed by atoms with van der Waals surface area (Å²) in [5.41, 5.74) is 0. The summed E-state index contributed by atoms with van der Waals surface area (Å²) in [6.45, 7) is 2.82. The Labute approximate surface area is 124 Å². The molecule has 1 aliphatic rings. The Bertz CT molecular complexity index is 618. The second-order valence-corrected chi connectivity index (χ2v) is 7.15. The fraction of sp³-hybridized carbons (Fsp3) is 0.571. The molecule has 1 fully saturated rings. The molecule has 1 heterocycles. The number of methoxy groups -OCH3 is 2. The van der Waals surface area contributed by atoms with Gasteiger partial charge in [-0.2, -0.15) is 4.31 Å². The first-order chi connectivity index (χ1) is 9.90. The summed E-state index contributed by atoms with van der Waals surface area (Å²) in [5.74, 6) is -0.189. The van der Waals surface area contributed by atoms with E-state index in [0.29, 0.717) is 13.1 Å². The highest BCUT2D eigenvalue weighted by Gasteiger charge is 2.32. The Hall–Kier alpha value is -1.34. The van der Waals surface area contributed by atoms with Crippen molar-refractivity contribution in [2.45, 2.75) is 24.7 Å². The minimum atomic E-state index is -3.86. The van der Waals surface area contributed by atoms with E-state index in [9.17, 15) is 12.8 Å². The molecule has 1 saturated heterocycles. The normalized spacial score (nSPS) is 20.3. The lowest BCUT2D eigenvalue weighted by Crippen LogP contribution is -2.39. The molecule has 1 aromatic rings. The van der Waals surface area contributed by atoms with Gasteiger partial charge in [0.15, 0.2) is 11.5 Å². The Kier molecular flexibility index (Phi) is 4.73. The van der Waals surface area contributed by atoms with Crippen molar-refractivity contribution in [1.29, 1.82) is 0 Å². The third kappa shape index (κ3) is 3.13. The highest BCUT2D eigenvalue weighted by atomic mass is 32.2. The van der Waals surface area contributed by atoms with Crippen LogP contribution in [0.2, 0.25) is 0 Å². The first-order valence-electron chi connectivity index (χ1n) is 6.81. The Morgan fingerprint density at radius 2 is 1.86 bits per heavy atom. The zero-order valence-electron chi connectivity index (χ0n) is 12.4. The molecule has 0 saturated carbocycles. The van der Waals surface area contributed by atoms with Crippen LogP contribution in [0.15, 0.2) is 17.0 Å². The number of benzene rings is 1. The molecule has 0 radical (unpaired) electrons. The van der Waals surface area contributed by atoms with Crippen molar-refractivity contribution < 1.29 is 22.3 Å². The predicted octanol–water partition coefficient (Wildman–Crippen LogP) is 2.26. The smallest absolute Gasteiger partial charge is 0.246 e. The molecule has 2 rings (SSSR count). The number of halogens is 1. The summed E-state index contributed by atoms with van der Waals surface area (Å²) in [4.78, 5) is -0.366. The lowest BCUT2D eigenvalue weighted by molar-refractivity contribution is 0.280. The minimum Gasteiger partial charge on any atom is -0.493 e. The summed E-state index contributed by atoms with van der Waals surface area (Å²) >= 11 is 0. The maximum absolute atomic E-state index is 14.2. The molecule has 0 N–H and O–H groups in total. The zero-order chi connectivity index (χ0) is 15.6. The summed E-state index contributed by atoms with van der Waals surface area (Å²) < 4.78 is 50.8. The molecule has 118 valence electrons. The monoisotopic (exact) mass is 317 g/mol. The average Bonchev–Trinajstić information content (AvgIpc) is 2.46. The number of piperidine rings is 1. The number of hydrogen-bond donors (Lipinski definition) is 0. The molecule has 1 atom stereocenters. The van der Waals surface area contributed by atoms with E-state index in [1.54, 1.807) is 0 Å². The number of rotatable bonds is 4. The first kappa shape index (κ1) is 16.0. The van der Waals surface area contributed by atoms with Crippen LogP contribution in [0, 0.1) is 11.7 Å². The van der Waals surface area contributed by atoms with Crippen LogP contribution in [-0.2, 0) is 10.0 Å². The Balaban J connectivity index is 2.44. The van der Waals surface area contributed by atoms with Gasteiger partial charge in [-0.3, -0.25) is 0 Å². The van der Waals surface area contributed by atoms with Gasteiger partial charge in [-0.05, 0) is 18.8 Å². The van der Waals surface area contributed by atoms with Gasteiger partial charge in [0.2, 0.25) is 10.0 Å². The summed E-state index contributed by atoms with van der Waals surface area (Å²) in [6, 6.07) is 2.22. The van der Waals surface area contributed by atoms with Crippen LogP contribution in [-0.4, -0.2) is 40.0 Å². The molecule has 0 amide bonds. The quantitative estimate of drug-likeness (QED) is 0.855. The zero-order valence-corrected chi connectivity index (χ0v) is 13.2. The molecular weight excluding hydrogens is 297 g/mol. The van der Waals surface area contributed by atoms with Gasteiger partial charge in [0.05, 0.1) is 14.2 Å².